The third kappa shape index (κ3) is 9.83. The van der Waals surface area contributed by atoms with Crippen LogP contribution in [0.3, 0.4) is 0 Å². The van der Waals surface area contributed by atoms with E-state index in [1.807, 2.05) is 48.5 Å². The second kappa shape index (κ2) is 14.5. The van der Waals surface area contributed by atoms with Crippen LogP contribution >= 0.6 is 0 Å². The van der Waals surface area contributed by atoms with Gasteiger partial charge in [0.1, 0.15) is 11.8 Å². The van der Waals surface area contributed by atoms with Gasteiger partial charge in [0.15, 0.2) is 0 Å². The van der Waals surface area contributed by atoms with Gasteiger partial charge in [0.05, 0.1) is 38.2 Å². The number of rotatable bonds is 3. The van der Waals surface area contributed by atoms with Gasteiger partial charge in [0.2, 0.25) is 0 Å². The zero-order valence-corrected chi connectivity index (χ0v) is 19.4. The van der Waals surface area contributed by atoms with Crippen LogP contribution in [0.15, 0.2) is 70.4 Å². The Morgan fingerprint density at radius 1 is 0.967 bits per heavy atom. The second-order valence-electron chi connectivity index (χ2n) is 6.17. The Hall–Kier alpha value is -2.47. The predicted octanol–water partition coefficient (Wildman–Crippen LogP) is 3.35. The average Bonchev–Trinajstić information content (AvgIpc) is 3.44. The minimum Gasteiger partial charge on any atom is -0.518 e. The Morgan fingerprint density at radius 3 is 1.67 bits per heavy atom. The maximum absolute atomic E-state index is 8.49. The standard InChI is InChI=1S/2C9H8NO.C5H10O2.Ir/c2*1-2-4-8(5-3-1)9-10-6-7-11-9;1-4(6)3-5(2)7;/h2*1-4H,6-7H2;3-4,6-7H,1-2H3;/q2*-1;;. The minimum absolute atomic E-state index is 0. The predicted molar refractivity (Wildman–Crippen MR) is 113 cm³/mol. The van der Waals surface area contributed by atoms with Gasteiger partial charge in [-0.2, -0.15) is 0 Å². The van der Waals surface area contributed by atoms with Gasteiger partial charge < -0.3 is 19.7 Å². The minimum atomic E-state index is -0.537. The number of aliphatic imine (C=N–C) groups is 2. The molecule has 30 heavy (non-hydrogen) atoms. The van der Waals surface area contributed by atoms with E-state index >= 15 is 0 Å². The smallest absolute Gasteiger partial charge is 0.130 e. The fraction of sp³-hybridized carbons (Fsp3) is 0.304. The average molecular weight is 587 g/mol. The first-order valence-electron chi connectivity index (χ1n) is 9.40. The molecule has 2 aliphatic heterocycles. The molecule has 0 aromatic heterocycles. The van der Waals surface area contributed by atoms with Crippen LogP contribution in [0.5, 0.6) is 0 Å². The van der Waals surface area contributed by atoms with Crippen molar-refractivity contribution in [1.82, 2.24) is 0 Å². The molecule has 2 aliphatic rings. The normalized spacial score (nSPS) is 15.5. The maximum Gasteiger partial charge on any atom is 0.130 e. The Balaban J connectivity index is 0.000000229. The van der Waals surface area contributed by atoms with E-state index in [-0.39, 0.29) is 25.9 Å². The first-order valence-corrected chi connectivity index (χ1v) is 9.40. The molecule has 1 atom stereocenters. The van der Waals surface area contributed by atoms with Gasteiger partial charge >= 0.3 is 0 Å². The van der Waals surface area contributed by atoms with E-state index in [9.17, 15) is 0 Å². The van der Waals surface area contributed by atoms with Gasteiger partial charge in [-0.1, -0.05) is 11.1 Å². The molecule has 6 nitrogen and oxygen atoms in total. The van der Waals surface area contributed by atoms with E-state index in [0.29, 0.717) is 13.2 Å². The third-order valence-electron chi connectivity index (χ3n) is 3.53. The quantitative estimate of drug-likeness (QED) is 0.427. The molecule has 163 valence electrons. The molecule has 1 unspecified atom stereocenters. The first kappa shape index (κ1) is 25.6. The number of hydrogen-bond donors (Lipinski definition) is 2. The summed E-state index contributed by atoms with van der Waals surface area (Å²) in [6.45, 7) is 6.07. The van der Waals surface area contributed by atoms with Crippen LogP contribution in [0, 0.1) is 12.1 Å². The molecule has 2 heterocycles. The van der Waals surface area contributed by atoms with Gasteiger partial charge in [-0.3, -0.25) is 9.98 Å². The van der Waals surface area contributed by atoms with Crippen molar-refractivity contribution in [1.29, 1.82) is 0 Å². The first-order chi connectivity index (χ1) is 14.1. The van der Waals surface area contributed by atoms with Crippen LogP contribution in [0.2, 0.25) is 0 Å². The van der Waals surface area contributed by atoms with E-state index < -0.39 is 6.10 Å². The SMILES string of the molecule is CC(O)=CC(C)O.[Ir].[c-]1ccccc1C1=NCCO1.[c-]1ccccc1C1=NCCO1. The van der Waals surface area contributed by atoms with E-state index in [0.717, 1.165) is 36.0 Å². The zero-order valence-electron chi connectivity index (χ0n) is 17.0. The van der Waals surface area contributed by atoms with Gasteiger partial charge in [0, 0.05) is 20.1 Å². The third-order valence-corrected chi connectivity index (χ3v) is 3.53. The Kier molecular flexibility index (Phi) is 12.4. The molecule has 0 aliphatic carbocycles. The molecule has 0 bridgehead atoms. The molecule has 0 amide bonds. The summed E-state index contributed by atoms with van der Waals surface area (Å²) in [4.78, 5) is 8.34. The number of nitrogens with zero attached hydrogens (tertiary/aromatic N) is 2. The van der Waals surface area contributed by atoms with Crippen LogP contribution < -0.4 is 0 Å². The van der Waals surface area contributed by atoms with E-state index in [1.165, 1.54) is 13.0 Å². The van der Waals surface area contributed by atoms with Crippen molar-refractivity contribution in [2.45, 2.75) is 20.0 Å². The van der Waals surface area contributed by atoms with Crippen molar-refractivity contribution in [3.05, 3.63) is 83.6 Å². The topological polar surface area (TPSA) is 83.6 Å². The van der Waals surface area contributed by atoms with Crippen molar-refractivity contribution >= 4 is 11.8 Å². The Morgan fingerprint density at radius 2 is 1.43 bits per heavy atom. The van der Waals surface area contributed by atoms with E-state index in [4.69, 9.17) is 19.7 Å². The Labute approximate surface area is 191 Å². The Bertz CT molecular complexity index is 758. The fourth-order valence-electron chi connectivity index (χ4n) is 2.40. The number of benzene rings is 2. The number of aliphatic hydroxyl groups is 2. The maximum atomic E-state index is 8.49. The molecular weight excluding hydrogens is 560 g/mol. The van der Waals surface area contributed by atoms with Gasteiger partial charge in [-0.15, -0.1) is 60.7 Å². The molecule has 2 aromatic carbocycles. The van der Waals surface area contributed by atoms with Gasteiger partial charge in [-0.25, -0.2) is 0 Å². The van der Waals surface area contributed by atoms with E-state index in [2.05, 4.69) is 22.1 Å². The van der Waals surface area contributed by atoms with Crippen molar-refractivity contribution < 1.29 is 39.8 Å². The molecule has 0 saturated heterocycles. The second-order valence-corrected chi connectivity index (χ2v) is 6.17. The molecule has 0 fully saturated rings. The van der Waals surface area contributed by atoms with Crippen LogP contribution in [-0.4, -0.2) is 54.4 Å². The van der Waals surface area contributed by atoms with Crippen molar-refractivity contribution in [3.8, 4) is 0 Å². The zero-order chi connectivity index (χ0) is 20.9. The van der Waals surface area contributed by atoms with Gasteiger partial charge in [-0.05, 0) is 19.9 Å². The van der Waals surface area contributed by atoms with Crippen molar-refractivity contribution in [2.75, 3.05) is 26.3 Å². The summed E-state index contributed by atoms with van der Waals surface area (Å²) in [5.41, 5.74) is 1.90. The van der Waals surface area contributed by atoms with Crippen molar-refractivity contribution in [2.24, 2.45) is 9.98 Å². The molecule has 0 spiro atoms. The molecular formula is C23H26IrN2O4-2. The summed E-state index contributed by atoms with van der Waals surface area (Å²) in [5, 5.41) is 16.9. The van der Waals surface area contributed by atoms with Crippen molar-refractivity contribution in [3.63, 3.8) is 0 Å². The summed E-state index contributed by atoms with van der Waals surface area (Å²) >= 11 is 0. The summed E-state index contributed by atoms with van der Waals surface area (Å²) < 4.78 is 10.5. The van der Waals surface area contributed by atoms with Crippen LogP contribution in [0.4, 0.5) is 0 Å². The molecule has 2 N–H and O–H groups in total. The summed E-state index contributed by atoms with van der Waals surface area (Å²) in [5.74, 6) is 1.62. The number of aliphatic hydroxyl groups excluding tert-OH is 2. The largest absolute Gasteiger partial charge is 0.518 e. The molecule has 1 radical (unpaired) electrons. The van der Waals surface area contributed by atoms with Crippen LogP contribution in [-0.2, 0) is 29.6 Å². The number of ether oxygens (including phenoxy) is 2. The summed E-state index contributed by atoms with van der Waals surface area (Å²) in [6.07, 6.45) is 0.824. The van der Waals surface area contributed by atoms with Crippen LogP contribution in [0.25, 0.3) is 0 Å². The van der Waals surface area contributed by atoms with E-state index in [1.54, 1.807) is 6.92 Å². The van der Waals surface area contributed by atoms with Gasteiger partial charge in [0.25, 0.3) is 0 Å². The fourth-order valence-corrected chi connectivity index (χ4v) is 2.40. The summed E-state index contributed by atoms with van der Waals surface area (Å²) in [7, 11) is 0. The summed E-state index contributed by atoms with van der Waals surface area (Å²) in [6, 6.07) is 21.5. The molecule has 7 heteroatoms. The number of allylic oxidation sites excluding steroid dienone is 1. The molecule has 2 aromatic rings. The monoisotopic (exact) mass is 587 g/mol. The number of hydrogen-bond acceptors (Lipinski definition) is 6. The molecule has 4 rings (SSSR count). The van der Waals surface area contributed by atoms with Crippen LogP contribution in [0.1, 0.15) is 25.0 Å². The molecule has 0 saturated carbocycles.